The first-order valence-electron chi connectivity index (χ1n) is 6.39. The molecule has 0 aromatic heterocycles. The lowest BCUT2D eigenvalue weighted by molar-refractivity contribution is 0.106. The van der Waals surface area contributed by atoms with Crippen LogP contribution >= 0.6 is 0 Å². The molecule has 16 heavy (non-hydrogen) atoms. The van der Waals surface area contributed by atoms with Gasteiger partial charge in [-0.15, -0.1) is 0 Å². The van der Waals surface area contributed by atoms with E-state index in [-0.39, 0.29) is 6.09 Å². The summed E-state index contributed by atoms with van der Waals surface area (Å²) in [4.78, 5) is 13.6. The van der Waals surface area contributed by atoms with E-state index in [0.29, 0.717) is 24.5 Å². The van der Waals surface area contributed by atoms with Gasteiger partial charge in [-0.1, -0.05) is 13.3 Å². The van der Waals surface area contributed by atoms with Crippen molar-refractivity contribution in [1.82, 2.24) is 4.90 Å². The second-order valence-electron chi connectivity index (χ2n) is 5.04. The van der Waals surface area contributed by atoms with Crippen LogP contribution in [0, 0.1) is 11.8 Å². The molecule has 0 bridgehead atoms. The number of fused-ring (bicyclic) bond motifs is 1. The number of nitrogens with zero attached hydrogens (tertiary/aromatic N) is 1. The van der Waals surface area contributed by atoms with Gasteiger partial charge in [0, 0.05) is 19.1 Å². The summed E-state index contributed by atoms with van der Waals surface area (Å²) in [6, 6.07) is 0.290. The summed E-state index contributed by atoms with van der Waals surface area (Å²) >= 11 is 0. The van der Waals surface area contributed by atoms with Gasteiger partial charge in [0.15, 0.2) is 0 Å². The third-order valence-corrected chi connectivity index (χ3v) is 3.89. The molecule has 0 radical (unpaired) electrons. The summed E-state index contributed by atoms with van der Waals surface area (Å²) < 4.78 is 5.21. The molecular formula is C12H22N2O2. The Morgan fingerprint density at radius 2 is 2.25 bits per heavy atom. The van der Waals surface area contributed by atoms with Crippen molar-refractivity contribution in [2.24, 2.45) is 17.6 Å². The smallest absolute Gasteiger partial charge is 0.409 e. The maximum Gasteiger partial charge on any atom is 0.409 e. The minimum atomic E-state index is -0.143. The van der Waals surface area contributed by atoms with Crippen LogP contribution in [0.4, 0.5) is 4.79 Å². The molecule has 2 rings (SSSR count). The highest BCUT2D eigenvalue weighted by molar-refractivity contribution is 5.68. The Kier molecular flexibility index (Phi) is 3.69. The molecule has 3 unspecified atom stereocenters. The highest BCUT2D eigenvalue weighted by Gasteiger charge is 2.42. The topological polar surface area (TPSA) is 55.6 Å². The molecule has 1 saturated carbocycles. The first kappa shape index (κ1) is 11.7. The number of hydrogen-bond donors (Lipinski definition) is 1. The molecule has 4 nitrogen and oxygen atoms in total. The maximum absolute atomic E-state index is 11.7. The van der Waals surface area contributed by atoms with Crippen molar-refractivity contribution in [1.29, 1.82) is 0 Å². The van der Waals surface area contributed by atoms with Crippen molar-refractivity contribution in [3.63, 3.8) is 0 Å². The largest absolute Gasteiger partial charge is 0.449 e. The average molecular weight is 226 g/mol. The second kappa shape index (κ2) is 5.04. The third kappa shape index (κ3) is 2.32. The number of nitrogens with two attached hydrogens (primary N) is 1. The third-order valence-electron chi connectivity index (χ3n) is 3.89. The maximum atomic E-state index is 11.7. The van der Waals surface area contributed by atoms with Crippen molar-refractivity contribution in [3.8, 4) is 0 Å². The summed E-state index contributed by atoms with van der Waals surface area (Å²) in [5, 5.41) is 0. The standard InChI is InChI=1S/C12H22N2O2/c1-2-3-6-16-12(15)14-7-9-4-5-11(13)10(9)8-14/h9-11H,2-8,13H2,1H3. The van der Waals surface area contributed by atoms with E-state index >= 15 is 0 Å². The van der Waals surface area contributed by atoms with Crippen LogP contribution < -0.4 is 5.73 Å². The second-order valence-corrected chi connectivity index (χ2v) is 5.04. The van der Waals surface area contributed by atoms with Crippen LogP contribution in [-0.2, 0) is 4.74 Å². The van der Waals surface area contributed by atoms with Crippen molar-refractivity contribution in [2.45, 2.75) is 38.6 Å². The van der Waals surface area contributed by atoms with Crippen molar-refractivity contribution in [2.75, 3.05) is 19.7 Å². The highest BCUT2D eigenvalue weighted by Crippen LogP contribution is 2.37. The normalized spacial score (nSPS) is 32.9. The van der Waals surface area contributed by atoms with Crippen molar-refractivity contribution >= 4 is 6.09 Å². The van der Waals surface area contributed by atoms with Gasteiger partial charge in [0.05, 0.1) is 6.61 Å². The van der Waals surface area contributed by atoms with E-state index in [4.69, 9.17) is 10.5 Å². The average Bonchev–Trinajstić information content (AvgIpc) is 2.82. The number of carbonyl (C=O) groups is 1. The molecule has 4 heteroatoms. The number of unbranched alkanes of at least 4 members (excludes halogenated alkanes) is 1. The zero-order valence-electron chi connectivity index (χ0n) is 10.0. The first-order valence-corrected chi connectivity index (χ1v) is 6.39. The number of amides is 1. The summed E-state index contributed by atoms with van der Waals surface area (Å²) in [6.45, 7) is 4.29. The molecule has 1 amide bonds. The molecule has 0 aromatic rings. The van der Waals surface area contributed by atoms with Crippen LogP contribution in [0.5, 0.6) is 0 Å². The molecule has 1 aliphatic carbocycles. The van der Waals surface area contributed by atoms with Crippen LogP contribution in [0.1, 0.15) is 32.6 Å². The molecule has 2 N–H and O–H groups in total. The fraction of sp³-hybridized carbons (Fsp3) is 0.917. The lowest BCUT2D eigenvalue weighted by Gasteiger charge is -2.18. The molecule has 0 spiro atoms. The van der Waals surface area contributed by atoms with Crippen LogP contribution in [0.3, 0.4) is 0 Å². The van der Waals surface area contributed by atoms with Gasteiger partial charge in [-0.3, -0.25) is 0 Å². The lowest BCUT2D eigenvalue weighted by Crippen LogP contribution is -2.34. The van der Waals surface area contributed by atoms with Gasteiger partial charge in [0.25, 0.3) is 0 Å². The Labute approximate surface area is 97.1 Å². The fourth-order valence-electron chi connectivity index (χ4n) is 2.85. The number of likely N-dealkylation sites (tertiary alicyclic amines) is 1. The van der Waals surface area contributed by atoms with Crippen molar-refractivity contribution < 1.29 is 9.53 Å². The Bertz CT molecular complexity index is 257. The minimum Gasteiger partial charge on any atom is -0.449 e. The van der Waals surface area contributed by atoms with Gasteiger partial charge in [0.2, 0.25) is 0 Å². The van der Waals surface area contributed by atoms with E-state index in [0.717, 1.165) is 32.4 Å². The van der Waals surface area contributed by atoms with E-state index in [1.165, 1.54) is 6.42 Å². The van der Waals surface area contributed by atoms with Crippen LogP contribution in [0.15, 0.2) is 0 Å². The van der Waals surface area contributed by atoms with Gasteiger partial charge in [-0.25, -0.2) is 4.79 Å². The summed E-state index contributed by atoms with van der Waals surface area (Å²) in [5.41, 5.74) is 6.03. The van der Waals surface area contributed by atoms with E-state index in [9.17, 15) is 4.79 Å². The predicted molar refractivity (Wildman–Crippen MR) is 62.0 cm³/mol. The van der Waals surface area contributed by atoms with Crippen LogP contribution in [-0.4, -0.2) is 36.7 Å². The lowest BCUT2D eigenvalue weighted by atomic mass is 9.98. The Morgan fingerprint density at radius 1 is 1.44 bits per heavy atom. The van der Waals surface area contributed by atoms with E-state index < -0.39 is 0 Å². The van der Waals surface area contributed by atoms with Gasteiger partial charge in [-0.2, -0.15) is 0 Å². The van der Waals surface area contributed by atoms with E-state index in [1.54, 1.807) is 0 Å². The quantitative estimate of drug-likeness (QED) is 0.743. The monoisotopic (exact) mass is 226 g/mol. The molecule has 1 saturated heterocycles. The SMILES string of the molecule is CCCCOC(=O)N1CC2CCC(N)C2C1. The van der Waals surface area contributed by atoms with Gasteiger partial charge < -0.3 is 15.4 Å². The first-order chi connectivity index (χ1) is 7.72. The molecule has 1 aliphatic heterocycles. The number of carbonyl (C=O) groups excluding carboxylic acids is 1. The summed E-state index contributed by atoms with van der Waals surface area (Å²) in [7, 11) is 0. The van der Waals surface area contributed by atoms with Gasteiger partial charge in [-0.05, 0) is 31.1 Å². The number of ether oxygens (including phenoxy) is 1. The summed E-state index contributed by atoms with van der Waals surface area (Å²) in [6.07, 6.45) is 4.16. The highest BCUT2D eigenvalue weighted by atomic mass is 16.6. The molecule has 1 heterocycles. The van der Waals surface area contributed by atoms with E-state index in [2.05, 4.69) is 6.92 Å². The molecule has 92 valence electrons. The molecule has 2 aliphatic rings. The van der Waals surface area contributed by atoms with Gasteiger partial charge >= 0.3 is 6.09 Å². The number of hydrogen-bond acceptors (Lipinski definition) is 3. The Balaban J connectivity index is 1.78. The van der Waals surface area contributed by atoms with Crippen LogP contribution in [0.25, 0.3) is 0 Å². The van der Waals surface area contributed by atoms with E-state index in [1.807, 2.05) is 4.90 Å². The molecule has 3 atom stereocenters. The molecule has 0 aromatic carbocycles. The zero-order valence-corrected chi connectivity index (χ0v) is 10.0. The van der Waals surface area contributed by atoms with Crippen LogP contribution in [0.2, 0.25) is 0 Å². The van der Waals surface area contributed by atoms with Gasteiger partial charge in [0.1, 0.15) is 0 Å². The van der Waals surface area contributed by atoms with Crippen molar-refractivity contribution in [3.05, 3.63) is 0 Å². The minimum absolute atomic E-state index is 0.143. The molecule has 2 fully saturated rings. The fourth-order valence-corrected chi connectivity index (χ4v) is 2.85. The number of rotatable bonds is 3. The Morgan fingerprint density at radius 3 is 2.94 bits per heavy atom. The summed E-state index contributed by atoms with van der Waals surface area (Å²) in [5.74, 6) is 1.13. The Hall–Kier alpha value is -0.770. The predicted octanol–water partition coefficient (Wildman–Crippen LogP) is 1.59. The zero-order chi connectivity index (χ0) is 11.5. The molecular weight excluding hydrogens is 204 g/mol.